The van der Waals surface area contributed by atoms with Gasteiger partial charge in [-0.15, -0.1) is 0 Å². The molecule has 0 saturated carbocycles. The summed E-state index contributed by atoms with van der Waals surface area (Å²) in [4.78, 5) is 44.6. The average Bonchev–Trinajstić information content (AvgIpc) is 3.10. The summed E-state index contributed by atoms with van der Waals surface area (Å²) in [6.07, 6.45) is 0. The topological polar surface area (TPSA) is 154 Å². The molecule has 0 bridgehead atoms. The smallest absolute Gasteiger partial charge is 0.339 e. The van der Waals surface area contributed by atoms with E-state index in [1.807, 2.05) is 60.7 Å². The number of nitrogens with two attached hydrogens (primary N) is 1. The average molecular weight is 615 g/mol. The summed E-state index contributed by atoms with van der Waals surface area (Å²) in [5.41, 5.74) is 8.81. The van der Waals surface area contributed by atoms with Crippen molar-refractivity contribution < 1.29 is 28.6 Å². The highest BCUT2D eigenvalue weighted by Crippen LogP contribution is 2.31. The summed E-state index contributed by atoms with van der Waals surface area (Å²) in [5, 5.41) is 10.4. The first kappa shape index (κ1) is 31.1. The van der Waals surface area contributed by atoms with Crippen molar-refractivity contribution in [2.45, 2.75) is 13.2 Å². The number of nitrogens with one attached hydrogen (secondary N) is 2. The molecule has 1 aromatic heterocycles. The Morgan fingerprint density at radius 3 is 1.87 bits per heavy atom. The highest BCUT2D eigenvalue weighted by molar-refractivity contribution is 6.10. The van der Waals surface area contributed by atoms with E-state index >= 15 is 0 Å². The van der Waals surface area contributed by atoms with Crippen LogP contribution in [0.3, 0.4) is 0 Å². The molecule has 4 N–H and O–H groups in total. The Morgan fingerprint density at radius 1 is 0.717 bits per heavy atom. The summed E-state index contributed by atoms with van der Waals surface area (Å²) < 4.78 is 16.4. The molecule has 5 rings (SSSR count). The summed E-state index contributed by atoms with van der Waals surface area (Å²) >= 11 is 0. The number of rotatable bonds is 11. The van der Waals surface area contributed by atoms with Gasteiger partial charge < -0.3 is 25.3 Å². The number of ether oxygens (including phenoxy) is 3. The number of hydrogen-bond acceptors (Lipinski definition) is 8. The van der Waals surface area contributed by atoms with E-state index in [4.69, 9.17) is 25.4 Å². The molecule has 0 aliphatic rings. The normalized spacial score (nSPS) is 10.5. The van der Waals surface area contributed by atoms with Crippen LogP contribution in [0.5, 0.6) is 5.88 Å². The molecule has 0 fully saturated rings. The molecule has 10 nitrogen and oxygen atoms in total. The molecule has 230 valence electrons. The van der Waals surface area contributed by atoms with Crippen LogP contribution in [0.2, 0.25) is 0 Å². The number of amides is 1. The van der Waals surface area contributed by atoms with Crippen molar-refractivity contribution in [3.63, 3.8) is 0 Å². The standard InChI is InChI=1S/C36H30N4O6/c1-44-31-19-18-29(32(40-31)34(41)39-27-15-12-25(13-16-27)33(37)38)28-17-14-26(35(42)45-21-23-8-4-2-5-9-23)20-30(28)36(43)46-22-24-10-6-3-7-11-24/h2-20H,21-22H2,1H3,(H3,37,38)(H,39,41). The maximum absolute atomic E-state index is 13.6. The number of esters is 2. The van der Waals surface area contributed by atoms with Crippen molar-refractivity contribution in [1.29, 1.82) is 5.41 Å². The summed E-state index contributed by atoms with van der Waals surface area (Å²) in [7, 11) is 1.42. The largest absolute Gasteiger partial charge is 0.481 e. The lowest BCUT2D eigenvalue weighted by Gasteiger charge is -2.15. The lowest BCUT2D eigenvalue weighted by Crippen LogP contribution is -2.17. The highest BCUT2D eigenvalue weighted by Gasteiger charge is 2.24. The Kier molecular flexibility index (Phi) is 9.79. The van der Waals surface area contributed by atoms with Gasteiger partial charge in [-0.05, 0) is 59.2 Å². The monoisotopic (exact) mass is 614 g/mol. The number of nitrogens with zero attached hydrogens (tertiary/aromatic N) is 1. The third kappa shape index (κ3) is 7.61. The third-order valence-corrected chi connectivity index (χ3v) is 6.94. The molecule has 0 spiro atoms. The van der Waals surface area contributed by atoms with Crippen LogP contribution in [0.25, 0.3) is 11.1 Å². The number of benzene rings is 4. The van der Waals surface area contributed by atoms with Gasteiger partial charge in [-0.2, -0.15) is 0 Å². The Labute approximate surface area is 265 Å². The number of methoxy groups -OCH3 is 1. The summed E-state index contributed by atoms with van der Waals surface area (Å²) in [5.74, 6) is -1.85. The minimum Gasteiger partial charge on any atom is -0.481 e. The van der Waals surface area contributed by atoms with Gasteiger partial charge in [-0.1, -0.05) is 66.7 Å². The number of aromatic nitrogens is 1. The first-order valence-electron chi connectivity index (χ1n) is 14.2. The second-order valence-corrected chi connectivity index (χ2v) is 10.1. The molecule has 0 atom stereocenters. The van der Waals surface area contributed by atoms with E-state index in [0.29, 0.717) is 22.4 Å². The molecular weight excluding hydrogens is 584 g/mol. The number of pyridine rings is 1. The fraction of sp³-hybridized carbons (Fsp3) is 0.0833. The lowest BCUT2D eigenvalue weighted by atomic mass is 9.95. The predicted octanol–water partition coefficient (Wildman–Crippen LogP) is 6.01. The van der Waals surface area contributed by atoms with E-state index in [2.05, 4.69) is 10.3 Å². The Bertz CT molecular complexity index is 1880. The van der Waals surface area contributed by atoms with E-state index in [9.17, 15) is 14.4 Å². The van der Waals surface area contributed by atoms with Crippen LogP contribution < -0.4 is 15.8 Å². The summed E-state index contributed by atoms with van der Waals surface area (Å²) in [6, 6.07) is 32.5. The van der Waals surface area contributed by atoms with Crippen LogP contribution in [0.4, 0.5) is 5.69 Å². The highest BCUT2D eigenvalue weighted by atomic mass is 16.5. The number of nitrogen functional groups attached to an aromatic ring is 1. The van der Waals surface area contributed by atoms with Crippen molar-refractivity contribution in [3.8, 4) is 17.0 Å². The molecule has 1 heterocycles. The molecule has 4 aromatic carbocycles. The second kappa shape index (κ2) is 14.5. The molecular formula is C36H30N4O6. The van der Waals surface area contributed by atoms with E-state index < -0.39 is 17.8 Å². The van der Waals surface area contributed by atoms with E-state index in [1.165, 1.54) is 19.2 Å². The van der Waals surface area contributed by atoms with Crippen LogP contribution >= 0.6 is 0 Å². The molecule has 10 heteroatoms. The van der Waals surface area contributed by atoms with Crippen molar-refractivity contribution in [2.24, 2.45) is 5.73 Å². The first-order valence-corrected chi connectivity index (χ1v) is 14.2. The second-order valence-electron chi connectivity index (χ2n) is 10.1. The first-order chi connectivity index (χ1) is 22.3. The van der Waals surface area contributed by atoms with Gasteiger partial charge in [0.1, 0.15) is 24.7 Å². The van der Waals surface area contributed by atoms with E-state index in [1.54, 1.807) is 42.5 Å². The number of anilines is 1. The maximum Gasteiger partial charge on any atom is 0.339 e. The van der Waals surface area contributed by atoms with E-state index in [0.717, 1.165) is 11.1 Å². The zero-order valence-electron chi connectivity index (χ0n) is 24.9. The quantitative estimate of drug-likeness (QED) is 0.0929. The van der Waals surface area contributed by atoms with Gasteiger partial charge in [0.15, 0.2) is 0 Å². The minimum absolute atomic E-state index is 0.00768. The SMILES string of the molecule is COc1ccc(-c2ccc(C(=O)OCc3ccccc3)cc2C(=O)OCc2ccccc2)c(C(=O)Nc2ccc(C(=N)N)cc2)n1. The van der Waals surface area contributed by atoms with Crippen molar-refractivity contribution in [1.82, 2.24) is 4.98 Å². The van der Waals surface area contributed by atoms with Gasteiger partial charge in [0.05, 0.1) is 18.2 Å². The van der Waals surface area contributed by atoms with Crippen molar-refractivity contribution in [3.05, 3.63) is 149 Å². The van der Waals surface area contributed by atoms with Crippen molar-refractivity contribution >= 4 is 29.4 Å². The number of carbonyl (C=O) groups is 3. The zero-order valence-corrected chi connectivity index (χ0v) is 24.9. The van der Waals surface area contributed by atoms with Gasteiger partial charge in [0, 0.05) is 22.9 Å². The number of carbonyl (C=O) groups excluding carboxylic acids is 3. The summed E-state index contributed by atoms with van der Waals surface area (Å²) in [6.45, 7) is 0.0432. The van der Waals surface area contributed by atoms with Gasteiger partial charge in [-0.25, -0.2) is 14.6 Å². The van der Waals surface area contributed by atoms with Crippen LogP contribution in [0.15, 0.2) is 115 Å². The fourth-order valence-electron chi connectivity index (χ4n) is 4.55. The third-order valence-electron chi connectivity index (χ3n) is 6.94. The number of hydrogen-bond donors (Lipinski definition) is 3. The van der Waals surface area contributed by atoms with Gasteiger partial charge in [0.2, 0.25) is 5.88 Å². The van der Waals surface area contributed by atoms with Crippen LogP contribution in [0.1, 0.15) is 47.9 Å². The Morgan fingerprint density at radius 2 is 1.28 bits per heavy atom. The number of amidine groups is 1. The predicted molar refractivity (Wildman–Crippen MR) is 173 cm³/mol. The molecule has 0 aliphatic carbocycles. The molecule has 5 aromatic rings. The van der Waals surface area contributed by atoms with E-state index in [-0.39, 0.29) is 41.8 Å². The fourth-order valence-corrected chi connectivity index (χ4v) is 4.55. The minimum atomic E-state index is -0.710. The molecule has 46 heavy (non-hydrogen) atoms. The zero-order chi connectivity index (χ0) is 32.5. The lowest BCUT2D eigenvalue weighted by molar-refractivity contribution is 0.0470. The molecule has 0 radical (unpaired) electrons. The Balaban J connectivity index is 1.50. The van der Waals surface area contributed by atoms with Gasteiger partial charge in [-0.3, -0.25) is 10.2 Å². The molecule has 0 aliphatic heterocycles. The van der Waals surface area contributed by atoms with Crippen LogP contribution in [-0.4, -0.2) is 35.8 Å². The Hall–Kier alpha value is -6.29. The maximum atomic E-state index is 13.6. The van der Waals surface area contributed by atoms with Gasteiger partial charge in [0.25, 0.3) is 5.91 Å². The molecule has 0 unspecified atom stereocenters. The van der Waals surface area contributed by atoms with Gasteiger partial charge >= 0.3 is 11.9 Å². The van der Waals surface area contributed by atoms with Crippen LogP contribution in [-0.2, 0) is 22.7 Å². The van der Waals surface area contributed by atoms with Crippen molar-refractivity contribution in [2.75, 3.05) is 12.4 Å². The van der Waals surface area contributed by atoms with Crippen LogP contribution in [0, 0.1) is 5.41 Å². The molecule has 1 amide bonds. The molecule has 0 saturated heterocycles.